The number of piperidine rings is 1. The predicted molar refractivity (Wildman–Crippen MR) is 118 cm³/mol. The van der Waals surface area contributed by atoms with Crippen LogP contribution in [0, 0.1) is 0 Å². The molecule has 1 amide bonds. The molecule has 0 aromatic carbocycles. The van der Waals surface area contributed by atoms with Crippen LogP contribution in [0.3, 0.4) is 0 Å². The van der Waals surface area contributed by atoms with E-state index >= 15 is 0 Å². The summed E-state index contributed by atoms with van der Waals surface area (Å²) in [6.07, 6.45) is 8.50. The Morgan fingerprint density at radius 3 is 3.00 bits per heavy atom. The number of hydrogen-bond acceptors (Lipinski definition) is 6. The number of likely N-dealkylation sites (tertiary alicyclic amines) is 1. The smallest absolute Gasteiger partial charge is 0.246 e. The molecule has 9 nitrogen and oxygen atoms in total. The number of nitrogens with zero attached hydrogens (tertiary/aromatic N) is 5. The van der Waals surface area contributed by atoms with Gasteiger partial charge in [0.1, 0.15) is 11.5 Å². The van der Waals surface area contributed by atoms with Gasteiger partial charge in [0.2, 0.25) is 11.9 Å². The highest BCUT2D eigenvalue weighted by Gasteiger charge is 2.28. The Morgan fingerprint density at radius 2 is 2.27 bits per heavy atom. The second kappa shape index (κ2) is 8.35. The van der Waals surface area contributed by atoms with E-state index < -0.39 is 0 Å². The van der Waals surface area contributed by atoms with Gasteiger partial charge in [0, 0.05) is 37.6 Å². The van der Waals surface area contributed by atoms with Gasteiger partial charge in [0.05, 0.1) is 22.3 Å². The summed E-state index contributed by atoms with van der Waals surface area (Å²) >= 11 is 6.39. The fraction of sp³-hybridized carbons (Fsp3) is 0.400. The number of aromatic amines is 1. The lowest BCUT2D eigenvalue weighted by Gasteiger charge is -2.38. The van der Waals surface area contributed by atoms with E-state index in [2.05, 4.69) is 44.2 Å². The summed E-state index contributed by atoms with van der Waals surface area (Å²) in [6.45, 7) is 9.05. The van der Waals surface area contributed by atoms with E-state index in [0.717, 1.165) is 30.5 Å². The number of fused-ring (bicyclic) bond motifs is 1. The van der Waals surface area contributed by atoms with Crippen molar-refractivity contribution >= 4 is 46.0 Å². The van der Waals surface area contributed by atoms with Crippen LogP contribution < -0.4 is 10.6 Å². The summed E-state index contributed by atoms with van der Waals surface area (Å²) in [5, 5.41) is 12.2. The molecule has 3 N–H and O–H groups in total. The normalized spacial score (nSPS) is 19.1. The molecule has 0 aliphatic carbocycles. The van der Waals surface area contributed by atoms with Gasteiger partial charge >= 0.3 is 0 Å². The third-order valence-electron chi connectivity index (χ3n) is 5.38. The van der Waals surface area contributed by atoms with E-state index in [9.17, 15) is 4.79 Å². The number of aromatic nitrogens is 5. The summed E-state index contributed by atoms with van der Waals surface area (Å²) in [5.74, 6) is 1.00. The summed E-state index contributed by atoms with van der Waals surface area (Å²) in [4.78, 5) is 26.3. The fourth-order valence-electron chi connectivity index (χ4n) is 3.73. The monoisotopic (exact) mass is 428 g/mol. The van der Waals surface area contributed by atoms with Crippen molar-refractivity contribution in [2.24, 2.45) is 0 Å². The minimum atomic E-state index is -0.0585. The molecule has 1 saturated heterocycles. The van der Waals surface area contributed by atoms with Gasteiger partial charge in [-0.2, -0.15) is 15.1 Å². The zero-order valence-corrected chi connectivity index (χ0v) is 17.8. The Labute approximate surface area is 179 Å². The summed E-state index contributed by atoms with van der Waals surface area (Å²) < 4.78 is 1.82. The molecule has 158 valence electrons. The first-order valence-electron chi connectivity index (χ1n) is 10.0. The number of aryl methyl sites for hydroxylation is 1. The second-order valence-corrected chi connectivity index (χ2v) is 7.84. The van der Waals surface area contributed by atoms with Crippen molar-refractivity contribution in [2.45, 2.75) is 45.3 Å². The molecule has 0 unspecified atom stereocenters. The highest BCUT2D eigenvalue weighted by atomic mass is 35.5. The van der Waals surface area contributed by atoms with Gasteiger partial charge in [0.25, 0.3) is 0 Å². The third-order valence-corrected chi connectivity index (χ3v) is 5.68. The van der Waals surface area contributed by atoms with Crippen molar-refractivity contribution in [3.05, 3.63) is 36.3 Å². The number of amides is 1. The first-order valence-corrected chi connectivity index (χ1v) is 10.4. The molecule has 30 heavy (non-hydrogen) atoms. The van der Waals surface area contributed by atoms with Crippen LogP contribution in [0.2, 0.25) is 5.02 Å². The molecular weight excluding hydrogens is 404 g/mol. The number of rotatable bonds is 6. The Hall–Kier alpha value is -3.07. The molecule has 0 saturated carbocycles. The third kappa shape index (κ3) is 3.97. The van der Waals surface area contributed by atoms with Crippen molar-refractivity contribution < 1.29 is 4.79 Å². The number of hydrogen-bond donors (Lipinski definition) is 3. The van der Waals surface area contributed by atoms with Gasteiger partial charge < -0.3 is 20.5 Å². The van der Waals surface area contributed by atoms with Crippen molar-refractivity contribution in [1.82, 2.24) is 29.6 Å². The predicted octanol–water partition coefficient (Wildman–Crippen LogP) is 3.55. The maximum absolute atomic E-state index is 12.2. The first kappa shape index (κ1) is 20.2. The molecule has 3 aromatic heterocycles. The lowest BCUT2D eigenvalue weighted by Crippen LogP contribution is -2.49. The Morgan fingerprint density at radius 1 is 1.43 bits per heavy atom. The lowest BCUT2D eigenvalue weighted by molar-refractivity contribution is -0.129. The van der Waals surface area contributed by atoms with Crippen LogP contribution in [0.15, 0.2) is 31.2 Å². The van der Waals surface area contributed by atoms with Crippen LogP contribution >= 0.6 is 11.6 Å². The van der Waals surface area contributed by atoms with Crippen molar-refractivity contribution in [3.63, 3.8) is 0 Å². The number of carbonyl (C=O) groups is 1. The molecule has 1 aliphatic rings. The van der Waals surface area contributed by atoms with Gasteiger partial charge in [-0.15, -0.1) is 0 Å². The van der Waals surface area contributed by atoms with E-state index in [0.29, 0.717) is 29.0 Å². The summed E-state index contributed by atoms with van der Waals surface area (Å²) in [6, 6.07) is 0.229. The largest absolute Gasteiger partial charge is 0.365 e. The van der Waals surface area contributed by atoms with Crippen molar-refractivity contribution in [1.29, 1.82) is 0 Å². The van der Waals surface area contributed by atoms with Crippen molar-refractivity contribution in [2.75, 3.05) is 17.2 Å². The molecule has 1 fully saturated rings. The zero-order valence-electron chi connectivity index (χ0n) is 17.0. The fourth-order valence-corrected chi connectivity index (χ4v) is 3.96. The van der Waals surface area contributed by atoms with Crippen LogP contribution in [0.5, 0.6) is 0 Å². The Kier molecular flexibility index (Phi) is 5.63. The molecule has 0 radical (unpaired) electrons. The molecule has 4 heterocycles. The molecule has 4 rings (SSSR count). The number of H-pyrrole nitrogens is 1. The molecular formula is C20H25ClN8O. The van der Waals surface area contributed by atoms with E-state index in [1.165, 1.54) is 6.08 Å². The SMILES string of the molecule is C=CC(=O)N1C[C@H](Nc2nc(Nc3cnn(CC)c3)nc3[nH]cc(Cl)c23)CC[C@@H]1C. The topological polar surface area (TPSA) is 104 Å². The Balaban J connectivity index is 1.61. The Bertz CT molecular complexity index is 1070. The van der Waals surface area contributed by atoms with Gasteiger partial charge in [0.15, 0.2) is 0 Å². The molecule has 0 bridgehead atoms. The number of halogens is 1. The van der Waals surface area contributed by atoms with E-state index in [-0.39, 0.29) is 18.0 Å². The van der Waals surface area contributed by atoms with Crippen molar-refractivity contribution in [3.8, 4) is 0 Å². The average Bonchev–Trinajstić information content (AvgIpc) is 3.35. The zero-order chi connectivity index (χ0) is 21.3. The quantitative estimate of drug-likeness (QED) is 0.519. The van der Waals surface area contributed by atoms with Crippen LogP contribution in [0.1, 0.15) is 26.7 Å². The van der Waals surface area contributed by atoms with Gasteiger partial charge in [-0.25, -0.2) is 0 Å². The van der Waals surface area contributed by atoms with E-state index in [1.54, 1.807) is 12.4 Å². The van der Waals surface area contributed by atoms with Crippen LogP contribution in [0.4, 0.5) is 17.5 Å². The highest BCUT2D eigenvalue weighted by Crippen LogP contribution is 2.31. The maximum Gasteiger partial charge on any atom is 0.246 e. The summed E-state index contributed by atoms with van der Waals surface area (Å²) in [7, 11) is 0. The van der Waals surface area contributed by atoms with Gasteiger partial charge in [-0.1, -0.05) is 18.2 Å². The maximum atomic E-state index is 12.2. The van der Waals surface area contributed by atoms with Crippen LogP contribution in [-0.2, 0) is 11.3 Å². The van der Waals surface area contributed by atoms with E-state index in [1.807, 2.05) is 22.7 Å². The highest BCUT2D eigenvalue weighted by molar-refractivity contribution is 6.36. The number of carbonyl (C=O) groups excluding carboxylic acids is 1. The number of anilines is 3. The van der Waals surface area contributed by atoms with Crippen LogP contribution in [-0.4, -0.2) is 54.2 Å². The molecule has 3 aromatic rings. The van der Waals surface area contributed by atoms with E-state index in [4.69, 9.17) is 11.6 Å². The molecule has 0 spiro atoms. The molecule has 2 atom stereocenters. The van der Waals surface area contributed by atoms with Crippen LogP contribution in [0.25, 0.3) is 11.0 Å². The lowest BCUT2D eigenvalue weighted by atomic mass is 9.99. The second-order valence-electron chi connectivity index (χ2n) is 7.43. The average molecular weight is 429 g/mol. The number of nitrogens with one attached hydrogen (secondary N) is 3. The van der Waals surface area contributed by atoms with Gasteiger partial charge in [-0.3, -0.25) is 9.48 Å². The molecule has 1 aliphatic heterocycles. The minimum absolute atomic E-state index is 0.0462. The summed E-state index contributed by atoms with van der Waals surface area (Å²) in [5.41, 5.74) is 1.43. The minimum Gasteiger partial charge on any atom is -0.365 e. The first-order chi connectivity index (χ1) is 14.5. The molecule has 10 heteroatoms. The van der Waals surface area contributed by atoms with Gasteiger partial charge in [-0.05, 0) is 32.8 Å². The standard InChI is InChI=1S/C20H25ClN8O/c1-4-16(30)29-11-13(7-6-12(29)3)24-19-17-15(21)9-22-18(17)26-20(27-19)25-14-8-23-28(5-2)10-14/h4,8-10,12-13H,1,5-7,11H2,2-3H3,(H3,22,24,25,26,27)/t12-,13+/m0/s1.